The predicted molar refractivity (Wildman–Crippen MR) is 89.3 cm³/mol. The Balaban J connectivity index is 1.89. The zero-order valence-corrected chi connectivity index (χ0v) is 14.0. The SMILES string of the molecule is CCCCCCC1(Br)C/C(=C\Nc2ccccc2)OC1=O. The molecule has 1 N–H and O–H groups in total. The molecule has 0 aliphatic carbocycles. The van der Waals surface area contributed by atoms with Crippen molar-refractivity contribution in [3.63, 3.8) is 0 Å². The lowest BCUT2D eigenvalue weighted by molar-refractivity contribution is -0.137. The third-order valence-electron chi connectivity index (χ3n) is 3.64. The highest BCUT2D eigenvalue weighted by Gasteiger charge is 2.44. The molecule has 1 atom stereocenters. The number of ether oxygens (including phenoxy) is 1. The van der Waals surface area contributed by atoms with E-state index in [4.69, 9.17) is 4.74 Å². The fourth-order valence-electron chi connectivity index (χ4n) is 2.40. The van der Waals surface area contributed by atoms with Crippen LogP contribution in [0.3, 0.4) is 0 Å². The molecular formula is C17H22BrNO2. The highest BCUT2D eigenvalue weighted by atomic mass is 79.9. The van der Waals surface area contributed by atoms with Gasteiger partial charge in [0, 0.05) is 18.3 Å². The van der Waals surface area contributed by atoms with E-state index in [2.05, 4.69) is 28.2 Å². The summed E-state index contributed by atoms with van der Waals surface area (Å²) in [4.78, 5) is 12.0. The first-order valence-electron chi connectivity index (χ1n) is 7.56. The molecule has 0 spiro atoms. The number of cyclic esters (lactones) is 1. The number of unbranched alkanes of at least 4 members (excludes halogenated alkanes) is 3. The number of carbonyl (C=O) groups is 1. The summed E-state index contributed by atoms with van der Waals surface area (Å²) < 4.78 is 4.83. The van der Waals surface area contributed by atoms with Gasteiger partial charge < -0.3 is 10.1 Å². The van der Waals surface area contributed by atoms with Crippen molar-refractivity contribution in [3.8, 4) is 0 Å². The number of rotatable bonds is 7. The molecule has 0 bridgehead atoms. The zero-order valence-electron chi connectivity index (χ0n) is 12.4. The first-order valence-corrected chi connectivity index (χ1v) is 8.35. The number of hydrogen-bond acceptors (Lipinski definition) is 3. The van der Waals surface area contributed by atoms with Crippen molar-refractivity contribution >= 4 is 27.6 Å². The highest BCUT2D eigenvalue weighted by molar-refractivity contribution is 9.10. The first-order chi connectivity index (χ1) is 10.1. The number of halogens is 1. The third-order valence-corrected chi connectivity index (χ3v) is 4.64. The van der Waals surface area contributed by atoms with Crippen LogP contribution in [0.25, 0.3) is 0 Å². The molecule has 0 saturated carbocycles. The first kappa shape index (κ1) is 16.1. The molecule has 114 valence electrons. The molecule has 1 aromatic rings. The van der Waals surface area contributed by atoms with Gasteiger partial charge in [-0.25, -0.2) is 0 Å². The summed E-state index contributed by atoms with van der Waals surface area (Å²) in [6.45, 7) is 2.18. The van der Waals surface area contributed by atoms with Crippen LogP contribution >= 0.6 is 15.9 Å². The Morgan fingerprint density at radius 2 is 2.05 bits per heavy atom. The fraction of sp³-hybridized carbons (Fsp3) is 0.471. The topological polar surface area (TPSA) is 38.3 Å². The highest BCUT2D eigenvalue weighted by Crippen LogP contribution is 2.40. The van der Waals surface area contributed by atoms with Crippen molar-refractivity contribution in [3.05, 3.63) is 42.3 Å². The quantitative estimate of drug-likeness (QED) is 0.427. The van der Waals surface area contributed by atoms with E-state index in [-0.39, 0.29) is 5.97 Å². The summed E-state index contributed by atoms with van der Waals surface area (Å²) in [6, 6.07) is 9.84. The molecule has 21 heavy (non-hydrogen) atoms. The van der Waals surface area contributed by atoms with Gasteiger partial charge in [0.2, 0.25) is 0 Å². The van der Waals surface area contributed by atoms with Crippen LogP contribution in [0, 0.1) is 0 Å². The summed E-state index contributed by atoms with van der Waals surface area (Å²) in [5.74, 6) is 0.524. The summed E-state index contributed by atoms with van der Waals surface area (Å²) in [7, 11) is 0. The van der Waals surface area contributed by atoms with E-state index in [9.17, 15) is 4.79 Å². The van der Waals surface area contributed by atoms with Gasteiger partial charge in [-0.15, -0.1) is 0 Å². The van der Waals surface area contributed by atoms with Crippen molar-refractivity contribution in [1.82, 2.24) is 0 Å². The van der Waals surface area contributed by atoms with Gasteiger partial charge in [-0.2, -0.15) is 0 Å². The fourth-order valence-corrected chi connectivity index (χ4v) is 3.03. The molecule has 1 aliphatic heterocycles. The number of anilines is 1. The second-order valence-corrected chi connectivity index (χ2v) is 6.98. The van der Waals surface area contributed by atoms with Crippen LogP contribution in [0.15, 0.2) is 42.3 Å². The van der Waals surface area contributed by atoms with Gasteiger partial charge in [0.1, 0.15) is 10.1 Å². The molecular weight excluding hydrogens is 330 g/mol. The van der Waals surface area contributed by atoms with Crippen molar-refractivity contribution in [2.24, 2.45) is 0 Å². The lowest BCUT2D eigenvalue weighted by Gasteiger charge is -2.15. The van der Waals surface area contributed by atoms with Crippen LogP contribution in [0.2, 0.25) is 0 Å². The second kappa shape index (κ2) is 7.64. The van der Waals surface area contributed by atoms with Crippen molar-refractivity contribution < 1.29 is 9.53 Å². The van der Waals surface area contributed by atoms with E-state index >= 15 is 0 Å². The van der Waals surface area contributed by atoms with E-state index in [1.54, 1.807) is 6.20 Å². The molecule has 1 aromatic carbocycles. The van der Waals surface area contributed by atoms with Gasteiger partial charge >= 0.3 is 5.97 Å². The molecule has 1 unspecified atom stereocenters. The minimum Gasteiger partial charge on any atom is -0.428 e. The third kappa shape index (κ3) is 4.60. The molecule has 0 radical (unpaired) electrons. The van der Waals surface area contributed by atoms with Crippen LogP contribution < -0.4 is 5.32 Å². The van der Waals surface area contributed by atoms with Crippen molar-refractivity contribution in [2.45, 2.75) is 49.8 Å². The molecule has 3 nitrogen and oxygen atoms in total. The maximum absolute atomic E-state index is 12.0. The van der Waals surface area contributed by atoms with E-state index in [0.717, 1.165) is 18.5 Å². The van der Waals surface area contributed by atoms with Crippen LogP contribution in [-0.4, -0.2) is 10.3 Å². The van der Waals surface area contributed by atoms with Crippen LogP contribution in [0.4, 0.5) is 5.69 Å². The number of benzene rings is 1. The molecule has 4 heteroatoms. The molecule has 1 saturated heterocycles. The molecule has 1 aliphatic rings. The van der Waals surface area contributed by atoms with E-state index in [1.807, 2.05) is 30.3 Å². The maximum atomic E-state index is 12.0. The summed E-state index contributed by atoms with van der Waals surface area (Å²) in [6.07, 6.45) is 7.85. The van der Waals surface area contributed by atoms with Gasteiger partial charge in [0.15, 0.2) is 0 Å². The van der Waals surface area contributed by atoms with Gasteiger partial charge in [0.05, 0.1) is 0 Å². The van der Waals surface area contributed by atoms with Gasteiger partial charge in [0.25, 0.3) is 0 Å². The number of alkyl halides is 1. The number of hydrogen-bond donors (Lipinski definition) is 1. The lowest BCUT2D eigenvalue weighted by Crippen LogP contribution is -2.26. The van der Waals surface area contributed by atoms with Crippen LogP contribution in [0.5, 0.6) is 0 Å². The smallest absolute Gasteiger partial charge is 0.328 e. The molecule has 0 amide bonds. The number of esters is 1. The number of allylic oxidation sites excluding steroid dienone is 1. The van der Waals surface area contributed by atoms with Crippen LogP contribution in [-0.2, 0) is 9.53 Å². The van der Waals surface area contributed by atoms with Crippen LogP contribution in [0.1, 0.15) is 45.4 Å². The molecule has 1 fully saturated rings. The summed E-state index contributed by atoms with van der Waals surface area (Å²) in [5, 5.41) is 3.16. The Morgan fingerprint density at radius 1 is 1.29 bits per heavy atom. The van der Waals surface area contributed by atoms with Crippen molar-refractivity contribution in [2.75, 3.05) is 5.32 Å². The Morgan fingerprint density at radius 3 is 2.76 bits per heavy atom. The average Bonchev–Trinajstić information content (AvgIpc) is 2.78. The molecule has 2 rings (SSSR count). The number of nitrogens with one attached hydrogen (secondary N) is 1. The van der Waals surface area contributed by atoms with E-state index in [1.165, 1.54) is 19.3 Å². The maximum Gasteiger partial charge on any atom is 0.328 e. The zero-order chi connectivity index (χ0) is 15.1. The monoisotopic (exact) mass is 351 g/mol. The Labute approximate surface area is 134 Å². The number of carbonyl (C=O) groups excluding carboxylic acids is 1. The number of para-hydroxylation sites is 1. The lowest BCUT2D eigenvalue weighted by atomic mass is 9.98. The predicted octanol–water partition coefficient (Wildman–Crippen LogP) is 4.99. The molecule has 1 heterocycles. The molecule has 0 aromatic heterocycles. The van der Waals surface area contributed by atoms with Gasteiger partial charge in [-0.1, -0.05) is 66.7 Å². The Hall–Kier alpha value is -1.29. The largest absolute Gasteiger partial charge is 0.428 e. The van der Waals surface area contributed by atoms with Crippen molar-refractivity contribution in [1.29, 1.82) is 0 Å². The summed E-state index contributed by atoms with van der Waals surface area (Å²) in [5.41, 5.74) is 0.982. The Bertz CT molecular complexity index is 501. The minimum absolute atomic E-state index is 0.167. The standard InChI is InChI=1S/C17H22BrNO2/c1-2-3-4-8-11-17(18)12-15(21-16(17)20)13-19-14-9-6-5-7-10-14/h5-7,9-10,13,19H,2-4,8,11-12H2,1H3/b15-13+. The normalized spacial score (nSPS) is 23.3. The average molecular weight is 352 g/mol. The minimum atomic E-state index is -0.537. The van der Waals surface area contributed by atoms with E-state index < -0.39 is 4.32 Å². The Kier molecular flexibility index (Phi) is 5.85. The van der Waals surface area contributed by atoms with Gasteiger partial charge in [-0.3, -0.25) is 4.79 Å². The van der Waals surface area contributed by atoms with Gasteiger partial charge in [-0.05, 0) is 18.6 Å². The van der Waals surface area contributed by atoms with E-state index in [0.29, 0.717) is 12.2 Å². The second-order valence-electron chi connectivity index (χ2n) is 5.46. The summed E-state index contributed by atoms with van der Waals surface area (Å²) >= 11 is 3.59.